The highest BCUT2D eigenvalue weighted by Crippen LogP contribution is 2.39. The summed E-state index contributed by atoms with van der Waals surface area (Å²) in [5.74, 6) is 0.257. The molecule has 3 aliphatic heterocycles. The normalized spacial score (nSPS) is 28.2. The van der Waals surface area contributed by atoms with Gasteiger partial charge < -0.3 is 19.4 Å². The molecule has 0 radical (unpaired) electrons. The van der Waals surface area contributed by atoms with Crippen molar-refractivity contribution >= 4 is 16.6 Å². The lowest BCUT2D eigenvalue weighted by atomic mass is 9.89. The highest BCUT2D eigenvalue weighted by atomic mass is 16.5. The number of anilines is 1. The minimum absolute atomic E-state index is 0.196. The Labute approximate surface area is 150 Å². The van der Waals surface area contributed by atoms with Crippen LogP contribution < -0.4 is 16.1 Å². The maximum Gasteiger partial charge on any atom is 0.328 e. The second-order valence-electron chi connectivity index (χ2n) is 7.54. The monoisotopic (exact) mass is 357 g/mol. The number of hydrogen-bond acceptors (Lipinski definition) is 5. The molecular formula is C19H23N3O4. The van der Waals surface area contributed by atoms with Crippen LogP contribution in [0.15, 0.2) is 27.8 Å². The first-order chi connectivity index (χ1) is 12.7. The summed E-state index contributed by atoms with van der Waals surface area (Å²) in [4.78, 5) is 30.6. The van der Waals surface area contributed by atoms with Crippen molar-refractivity contribution in [3.8, 4) is 0 Å². The number of ether oxygens (including phenoxy) is 2. The van der Waals surface area contributed by atoms with Gasteiger partial charge in [-0.05, 0) is 37.5 Å². The number of morpholine rings is 1. The molecule has 3 aliphatic rings. The van der Waals surface area contributed by atoms with Crippen molar-refractivity contribution in [2.45, 2.75) is 38.0 Å². The molecule has 7 nitrogen and oxygen atoms in total. The number of rotatable bonds is 3. The van der Waals surface area contributed by atoms with Crippen molar-refractivity contribution in [2.75, 3.05) is 31.2 Å². The molecule has 1 aromatic heterocycles. The van der Waals surface area contributed by atoms with Crippen LogP contribution in [0.4, 0.5) is 5.69 Å². The van der Waals surface area contributed by atoms with E-state index in [2.05, 4.69) is 9.88 Å². The molecule has 26 heavy (non-hydrogen) atoms. The fourth-order valence-corrected chi connectivity index (χ4v) is 4.59. The molecule has 3 saturated heterocycles. The van der Waals surface area contributed by atoms with Crippen LogP contribution in [0.1, 0.15) is 19.3 Å². The van der Waals surface area contributed by atoms with E-state index in [4.69, 9.17) is 9.47 Å². The summed E-state index contributed by atoms with van der Waals surface area (Å²) < 4.78 is 12.6. The number of aromatic amines is 1. The van der Waals surface area contributed by atoms with Gasteiger partial charge in [0, 0.05) is 31.2 Å². The lowest BCUT2D eigenvalue weighted by Gasteiger charge is -2.29. The molecule has 0 aliphatic carbocycles. The van der Waals surface area contributed by atoms with Crippen LogP contribution in [0.5, 0.6) is 0 Å². The Morgan fingerprint density at radius 3 is 2.73 bits per heavy atom. The Morgan fingerprint density at radius 2 is 2.00 bits per heavy atom. The fraction of sp³-hybridized carbons (Fsp3) is 0.579. The Bertz CT molecular complexity index is 944. The van der Waals surface area contributed by atoms with E-state index in [9.17, 15) is 9.59 Å². The van der Waals surface area contributed by atoms with Crippen LogP contribution in [0.25, 0.3) is 10.9 Å². The van der Waals surface area contributed by atoms with Gasteiger partial charge in [-0.2, -0.15) is 0 Å². The van der Waals surface area contributed by atoms with Gasteiger partial charge in [0.1, 0.15) is 0 Å². The Balaban J connectivity index is 1.51. The molecule has 2 aromatic rings. The molecule has 1 N–H and O–H groups in total. The van der Waals surface area contributed by atoms with Gasteiger partial charge in [-0.25, -0.2) is 4.79 Å². The summed E-state index contributed by atoms with van der Waals surface area (Å²) >= 11 is 0. The maximum atomic E-state index is 13.0. The molecule has 0 amide bonds. The molecule has 3 atom stereocenters. The highest BCUT2D eigenvalue weighted by molar-refractivity contribution is 5.81. The van der Waals surface area contributed by atoms with Gasteiger partial charge in [0.05, 0.1) is 36.3 Å². The quantitative estimate of drug-likeness (QED) is 0.890. The number of H-pyrrole nitrogens is 1. The molecule has 1 aromatic carbocycles. The predicted octanol–water partition coefficient (Wildman–Crippen LogP) is 1.09. The first-order valence-corrected chi connectivity index (χ1v) is 9.44. The zero-order valence-corrected chi connectivity index (χ0v) is 14.6. The minimum atomic E-state index is -0.329. The molecular weight excluding hydrogens is 334 g/mol. The van der Waals surface area contributed by atoms with Crippen LogP contribution in [0.3, 0.4) is 0 Å². The first kappa shape index (κ1) is 16.1. The maximum absolute atomic E-state index is 13.0. The molecule has 4 heterocycles. The molecule has 5 rings (SSSR count). The number of hydrogen-bond donors (Lipinski definition) is 1. The smallest absolute Gasteiger partial charge is 0.328 e. The van der Waals surface area contributed by atoms with E-state index in [0.717, 1.165) is 38.0 Å². The van der Waals surface area contributed by atoms with Crippen LogP contribution in [0.2, 0.25) is 0 Å². The second-order valence-corrected chi connectivity index (χ2v) is 7.54. The van der Waals surface area contributed by atoms with E-state index in [1.54, 1.807) is 0 Å². The summed E-state index contributed by atoms with van der Waals surface area (Å²) in [5.41, 5.74) is 1.06. The second kappa shape index (κ2) is 6.25. The van der Waals surface area contributed by atoms with Gasteiger partial charge >= 0.3 is 5.69 Å². The Hall–Kier alpha value is -2.12. The summed E-state index contributed by atoms with van der Waals surface area (Å²) in [6.07, 6.45) is 3.60. The van der Waals surface area contributed by atoms with Crippen molar-refractivity contribution in [1.82, 2.24) is 9.55 Å². The molecule has 0 saturated carbocycles. The third-order valence-corrected chi connectivity index (χ3v) is 5.99. The molecule has 7 heteroatoms. The van der Waals surface area contributed by atoms with E-state index in [1.165, 1.54) is 4.57 Å². The van der Waals surface area contributed by atoms with Gasteiger partial charge in [0.15, 0.2) is 0 Å². The van der Waals surface area contributed by atoms with Crippen molar-refractivity contribution in [3.05, 3.63) is 39.0 Å². The van der Waals surface area contributed by atoms with Gasteiger partial charge in [-0.15, -0.1) is 0 Å². The van der Waals surface area contributed by atoms with Crippen molar-refractivity contribution in [1.29, 1.82) is 0 Å². The van der Waals surface area contributed by atoms with Gasteiger partial charge in [0.25, 0.3) is 5.56 Å². The first-order valence-electron chi connectivity index (χ1n) is 9.44. The standard InChI is InChI=1S/C19H23N3O4/c23-18-15-10-13(21-5-7-25-8-6-21)1-3-16(15)20-19(24)22(18)11-12-9-14-2-4-17(12)26-14/h1,3,10,12,14,17H,2,4-9,11H2,(H,20,24)/t12-,14+,17-/m0/s1. The van der Waals surface area contributed by atoms with E-state index in [-0.39, 0.29) is 23.3 Å². The van der Waals surface area contributed by atoms with E-state index in [0.29, 0.717) is 36.8 Å². The van der Waals surface area contributed by atoms with Gasteiger partial charge in [0.2, 0.25) is 0 Å². The minimum Gasteiger partial charge on any atom is -0.378 e. The van der Waals surface area contributed by atoms with E-state index >= 15 is 0 Å². The lowest BCUT2D eigenvalue weighted by Crippen LogP contribution is -2.39. The lowest BCUT2D eigenvalue weighted by molar-refractivity contribution is 0.0895. The van der Waals surface area contributed by atoms with Crippen LogP contribution in [-0.4, -0.2) is 48.1 Å². The van der Waals surface area contributed by atoms with Gasteiger partial charge in [-0.3, -0.25) is 9.36 Å². The summed E-state index contributed by atoms with van der Waals surface area (Å²) in [5, 5.41) is 0.567. The SMILES string of the molecule is O=c1[nH]c2ccc(N3CCOCC3)cc2c(=O)n1C[C@@H]1C[C@H]2CC[C@@H]1O2. The van der Waals surface area contributed by atoms with E-state index < -0.39 is 0 Å². The van der Waals surface area contributed by atoms with Crippen LogP contribution in [-0.2, 0) is 16.0 Å². The number of benzene rings is 1. The average molecular weight is 357 g/mol. The summed E-state index contributed by atoms with van der Waals surface area (Å²) in [7, 11) is 0. The number of aromatic nitrogens is 2. The van der Waals surface area contributed by atoms with Crippen LogP contribution >= 0.6 is 0 Å². The highest BCUT2D eigenvalue weighted by Gasteiger charge is 2.41. The molecule has 0 spiro atoms. The van der Waals surface area contributed by atoms with Crippen molar-refractivity contribution < 1.29 is 9.47 Å². The Kier molecular flexibility index (Phi) is 3.86. The number of nitrogens with one attached hydrogen (secondary N) is 1. The Morgan fingerprint density at radius 1 is 1.15 bits per heavy atom. The van der Waals surface area contributed by atoms with Crippen molar-refractivity contribution in [3.63, 3.8) is 0 Å². The number of nitrogens with zero attached hydrogens (tertiary/aromatic N) is 2. The third kappa shape index (κ3) is 2.66. The van der Waals surface area contributed by atoms with Gasteiger partial charge in [-0.1, -0.05) is 0 Å². The molecule has 0 unspecified atom stereocenters. The largest absolute Gasteiger partial charge is 0.378 e. The zero-order valence-electron chi connectivity index (χ0n) is 14.6. The predicted molar refractivity (Wildman–Crippen MR) is 97.9 cm³/mol. The number of fused-ring (bicyclic) bond motifs is 3. The average Bonchev–Trinajstić information content (AvgIpc) is 3.29. The van der Waals surface area contributed by atoms with Crippen LogP contribution in [0, 0.1) is 5.92 Å². The molecule has 138 valence electrons. The topological polar surface area (TPSA) is 76.6 Å². The third-order valence-electron chi connectivity index (χ3n) is 5.99. The summed E-state index contributed by atoms with van der Waals surface area (Å²) in [6, 6.07) is 5.68. The van der Waals surface area contributed by atoms with E-state index in [1.807, 2.05) is 18.2 Å². The van der Waals surface area contributed by atoms with Crippen molar-refractivity contribution in [2.24, 2.45) is 5.92 Å². The summed E-state index contributed by atoms with van der Waals surface area (Å²) in [6.45, 7) is 3.44. The molecule has 3 fully saturated rings. The zero-order chi connectivity index (χ0) is 17.7. The fourth-order valence-electron chi connectivity index (χ4n) is 4.59. The molecule has 2 bridgehead atoms.